The number of carbonyl (C=O) groups is 2. The van der Waals surface area contributed by atoms with Crippen LogP contribution in [0.5, 0.6) is 11.5 Å². The number of nitrogens with zero attached hydrogens (tertiary/aromatic N) is 4. The third-order valence-electron chi connectivity index (χ3n) is 5.24. The van der Waals surface area contributed by atoms with E-state index in [9.17, 15) is 9.59 Å². The number of benzene rings is 2. The average Bonchev–Trinajstić information content (AvgIpc) is 3.51. The molecule has 1 heterocycles. The molecule has 4 rings (SSSR count). The maximum atomic E-state index is 12.9. The van der Waals surface area contributed by atoms with Crippen molar-refractivity contribution < 1.29 is 19.1 Å². The summed E-state index contributed by atoms with van der Waals surface area (Å²) in [6, 6.07) is 10.5. The number of hydrogen-bond donors (Lipinski definition) is 1. The second-order valence-corrected chi connectivity index (χ2v) is 7.28. The fourth-order valence-electron chi connectivity index (χ4n) is 3.33. The molecule has 0 aliphatic heterocycles. The van der Waals surface area contributed by atoms with Crippen molar-refractivity contribution in [3.8, 4) is 17.2 Å². The van der Waals surface area contributed by atoms with Gasteiger partial charge in [0.25, 0.3) is 11.8 Å². The Bertz CT molecular complexity index is 1090. The van der Waals surface area contributed by atoms with E-state index in [0.29, 0.717) is 28.3 Å². The molecule has 2 amide bonds. The fourth-order valence-corrected chi connectivity index (χ4v) is 3.33. The summed E-state index contributed by atoms with van der Waals surface area (Å²) in [6.45, 7) is 0. The van der Waals surface area contributed by atoms with Crippen LogP contribution in [0.1, 0.15) is 33.6 Å². The van der Waals surface area contributed by atoms with E-state index in [0.717, 1.165) is 18.5 Å². The second kappa shape index (κ2) is 8.47. The van der Waals surface area contributed by atoms with E-state index in [1.54, 1.807) is 65.6 Å². The smallest absolute Gasteiger partial charge is 0.255 e. The number of amides is 2. The summed E-state index contributed by atoms with van der Waals surface area (Å²) in [5.41, 5.74) is 2.06. The van der Waals surface area contributed by atoms with Crippen molar-refractivity contribution in [2.24, 2.45) is 0 Å². The minimum Gasteiger partial charge on any atom is -0.493 e. The molecule has 1 fully saturated rings. The first kappa shape index (κ1) is 20.4. The summed E-state index contributed by atoms with van der Waals surface area (Å²) < 4.78 is 12.6. The molecule has 0 saturated heterocycles. The maximum absolute atomic E-state index is 12.9. The molecule has 1 N–H and O–H groups in total. The van der Waals surface area contributed by atoms with Crippen LogP contribution in [0.15, 0.2) is 49.1 Å². The van der Waals surface area contributed by atoms with Crippen LogP contribution in [0.4, 0.5) is 5.69 Å². The average molecular weight is 421 g/mol. The van der Waals surface area contributed by atoms with Crippen LogP contribution in [0, 0.1) is 0 Å². The monoisotopic (exact) mass is 421 g/mol. The lowest BCUT2D eigenvalue weighted by molar-refractivity contribution is 0.0784. The summed E-state index contributed by atoms with van der Waals surface area (Å²) >= 11 is 0. The lowest BCUT2D eigenvalue weighted by atomic mass is 10.1. The lowest BCUT2D eigenvalue weighted by Crippen LogP contribution is -2.29. The Labute approximate surface area is 179 Å². The number of anilines is 1. The maximum Gasteiger partial charge on any atom is 0.255 e. The van der Waals surface area contributed by atoms with Gasteiger partial charge in [0.2, 0.25) is 0 Å². The second-order valence-electron chi connectivity index (χ2n) is 7.28. The zero-order chi connectivity index (χ0) is 22.0. The quantitative estimate of drug-likeness (QED) is 0.630. The number of nitrogens with one attached hydrogen (secondary N) is 1. The Morgan fingerprint density at radius 1 is 1.03 bits per heavy atom. The van der Waals surface area contributed by atoms with Gasteiger partial charge in [0.15, 0.2) is 11.5 Å². The van der Waals surface area contributed by atoms with E-state index in [4.69, 9.17) is 9.47 Å². The van der Waals surface area contributed by atoms with Crippen LogP contribution in [0.25, 0.3) is 5.69 Å². The highest BCUT2D eigenvalue weighted by Crippen LogP contribution is 2.38. The molecule has 1 aliphatic carbocycles. The molecule has 31 heavy (non-hydrogen) atoms. The first-order chi connectivity index (χ1) is 15.0. The molecule has 2 aromatic carbocycles. The van der Waals surface area contributed by atoms with Gasteiger partial charge in [-0.05, 0) is 49.2 Å². The summed E-state index contributed by atoms with van der Waals surface area (Å²) in [5, 5.41) is 10.4. The van der Waals surface area contributed by atoms with Gasteiger partial charge < -0.3 is 19.7 Å². The van der Waals surface area contributed by atoms with Crippen molar-refractivity contribution in [2.75, 3.05) is 26.6 Å². The number of hydrogen-bond acceptors (Lipinski definition) is 6. The Balaban J connectivity index is 1.60. The molecule has 3 aromatic rings. The molecule has 0 spiro atoms. The SMILES string of the molecule is COc1cc(C(=O)N(C)C2CC2)cc(NC(=O)c2ccc(-n3cnnc3)cc2)c1OC. The summed E-state index contributed by atoms with van der Waals surface area (Å²) in [6.07, 6.45) is 5.16. The van der Waals surface area contributed by atoms with Gasteiger partial charge in [-0.1, -0.05) is 0 Å². The predicted octanol–water partition coefficient (Wildman–Crippen LogP) is 2.77. The van der Waals surface area contributed by atoms with E-state index < -0.39 is 0 Å². The van der Waals surface area contributed by atoms with Crippen molar-refractivity contribution in [1.82, 2.24) is 19.7 Å². The highest BCUT2D eigenvalue weighted by Gasteiger charge is 2.31. The Hall–Kier alpha value is -3.88. The van der Waals surface area contributed by atoms with E-state index >= 15 is 0 Å². The number of aromatic nitrogens is 3. The zero-order valence-corrected chi connectivity index (χ0v) is 17.5. The van der Waals surface area contributed by atoms with Gasteiger partial charge in [-0.2, -0.15) is 0 Å². The third kappa shape index (κ3) is 4.20. The standard InChI is InChI=1S/C22H23N5O4/c1-26(16-8-9-16)22(29)15-10-18(20(31-3)19(11-15)30-2)25-21(28)14-4-6-17(7-5-14)27-12-23-24-13-27/h4-7,10-13,16H,8-9H2,1-3H3,(H,25,28). The molecule has 1 aliphatic rings. The topological polar surface area (TPSA) is 98.6 Å². The van der Waals surface area contributed by atoms with Crippen LogP contribution < -0.4 is 14.8 Å². The molecule has 160 valence electrons. The summed E-state index contributed by atoms with van der Waals surface area (Å²) in [4.78, 5) is 27.5. The van der Waals surface area contributed by atoms with E-state index in [-0.39, 0.29) is 17.9 Å². The third-order valence-corrected chi connectivity index (χ3v) is 5.24. The van der Waals surface area contributed by atoms with Crippen LogP contribution in [-0.2, 0) is 0 Å². The molecular weight excluding hydrogens is 398 g/mol. The molecular formula is C22H23N5O4. The van der Waals surface area contributed by atoms with Gasteiger partial charge in [0, 0.05) is 29.9 Å². The van der Waals surface area contributed by atoms with Crippen molar-refractivity contribution in [2.45, 2.75) is 18.9 Å². The first-order valence-corrected chi connectivity index (χ1v) is 9.81. The highest BCUT2D eigenvalue weighted by atomic mass is 16.5. The minimum absolute atomic E-state index is 0.128. The largest absolute Gasteiger partial charge is 0.493 e. The molecule has 1 aromatic heterocycles. The van der Waals surface area contributed by atoms with Gasteiger partial charge >= 0.3 is 0 Å². The minimum atomic E-state index is -0.337. The van der Waals surface area contributed by atoms with Crippen molar-refractivity contribution in [3.05, 3.63) is 60.2 Å². The number of methoxy groups -OCH3 is 2. The van der Waals surface area contributed by atoms with Gasteiger partial charge in [0.05, 0.1) is 19.9 Å². The zero-order valence-electron chi connectivity index (χ0n) is 17.5. The lowest BCUT2D eigenvalue weighted by Gasteiger charge is -2.19. The van der Waals surface area contributed by atoms with Crippen LogP contribution in [0.3, 0.4) is 0 Å². The molecule has 9 heteroatoms. The number of carbonyl (C=O) groups excluding carboxylic acids is 2. The molecule has 0 bridgehead atoms. The summed E-state index contributed by atoms with van der Waals surface area (Å²) in [7, 11) is 4.76. The van der Waals surface area contributed by atoms with Crippen molar-refractivity contribution >= 4 is 17.5 Å². The molecule has 0 unspecified atom stereocenters. The van der Waals surface area contributed by atoms with Crippen molar-refractivity contribution in [1.29, 1.82) is 0 Å². The first-order valence-electron chi connectivity index (χ1n) is 9.81. The van der Waals surface area contributed by atoms with Gasteiger partial charge in [-0.15, -0.1) is 10.2 Å². The van der Waals surface area contributed by atoms with Crippen LogP contribution in [-0.4, -0.2) is 58.8 Å². The van der Waals surface area contributed by atoms with Crippen LogP contribution in [0.2, 0.25) is 0 Å². The molecule has 0 radical (unpaired) electrons. The van der Waals surface area contributed by atoms with Gasteiger partial charge in [-0.25, -0.2) is 0 Å². The Kier molecular flexibility index (Phi) is 5.57. The Morgan fingerprint density at radius 3 is 2.29 bits per heavy atom. The van der Waals surface area contributed by atoms with Gasteiger partial charge in [0.1, 0.15) is 12.7 Å². The van der Waals surface area contributed by atoms with E-state index in [1.165, 1.54) is 14.2 Å². The van der Waals surface area contributed by atoms with Crippen molar-refractivity contribution in [3.63, 3.8) is 0 Å². The highest BCUT2D eigenvalue weighted by molar-refractivity contribution is 6.06. The molecule has 0 atom stereocenters. The van der Waals surface area contributed by atoms with E-state index in [2.05, 4.69) is 15.5 Å². The molecule has 9 nitrogen and oxygen atoms in total. The van der Waals surface area contributed by atoms with Gasteiger partial charge in [-0.3, -0.25) is 14.2 Å². The predicted molar refractivity (Wildman–Crippen MR) is 114 cm³/mol. The fraction of sp³-hybridized carbons (Fsp3) is 0.273. The number of rotatable bonds is 7. The Morgan fingerprint density at radius 2 is 1.71 bits per heavy atom. The summed E-state index contributed by atoms with van der Waals surface area (Å²) in [5.74, 6) is 0.256. The molecule has 1 saturated carbocycles. The van der Waals surface area contributed by atoms with Crippen LogP contribution >= 0.6 is 0 Å². The normalized spacial score (nSPS) is 12.9. The van der Waals surface area contributed by atoms with E-state index in [1.807, 2.05) is 0 Å². The number of ether oxygens (including phenoxy) is 2.